The lowest BCUT2D eigenvalue weighted by Gasteiger charge is -2.43. The van der Waals surface area contributed by atoms with E-state index in [4.69, 9.17) is 9.47 Å². The van der Waals surface area contributed by atoms with Crippen LogP contribution in [0.15, 0.2) is 128 Å². The number of hydrogen-bond acceptors (Lipinski definition) is 6. The fraction of sp³-hybridized carbons (Fsp3) is 0.268. The van der Waals surface area contributed by atoms with E-state index in [1.807, 2.05) is 36.4 Å². The highest BCUT2D eigenvalue weighted by Crippen LogP contribution is 2.42. The Bertz CT molecular complexity index is 1780. The van der Waals surface area contributed by atoms with Gasteiger partial charge in [-0.25, -0.2) is 0 Å². The second kappa shape index (κ2) is 15.5. The van der Waals surface area contributed by atoms with Gasteiger partial charge < -0.3 is 19.9 Å². The maximum absolute atomic E-state index is 12.6. The molecule has 6 rings (SSSR count). The second-order valence-electron chi connectivity index (χ2n) is 12.6. The highest BCUT2D eigenvalue weighted by Gasteiger charge is 2.39. The highest BCUT2D eigenvalue weighted by molar-refractivity contribution is 5.93. The van der Waals surface area contributed by atoms with E-state index in [2.05, 4.69) is 103 Å². The van der Waals surface area contributed by atoms with E-state index in [9.17, 15) is 9.90 Å². The molecule has 1 saturated heterocycles. The van der Waals surface area contributed by atoms with Crippen molar-refractivity contribution in [2.24, 2.45) is 5.92 Å². The van der Waals surface area contributed by atoms with Gasteiger partial charge in [0, 0.05) is 43.0 Å². The number of likely N-dealkylation sites (N-methyl/N-ethyl adjacent to an activating group) is 1. The number of amides is 1. The minimum atomic E-state index is -0.573. The van der Waals surface area contributed by atoms with Crippen molar-refractivity contribution in [2.45, 2.75) is 51.5 Å². The number of aliphatic hydroxyl groups is 1. The summed E-state index contributed by atoms with van der Waals surface area (Å²) in [4.78, 5) is 19.0. The minimum Gasteiger partial charge on any atom is -0.392 e. The largest absolute Gasteiger partial charge is 0.392 e. The molecule has 1 fully saturated rings. The van der Waals surface area contributed by atoms with Crippen molar-refractivity contribution in [3.05, 3.63) is 161 Å². The number of aromatic nitrogens is 1. The topological polar surface area (TPSA) is 83.9 Å². The van der Waals surface area contributed by atoms with Crippen molar-refractivity contribution >= 4 is 5.91 Å². The van der Waals surface area contributed by atoms with Crippen molar-refractivity contribution in [3.63, 3.8) is 0 Å². The Kier molecular flexibility index (Phi) is 10.7. The van der Waals surface area contributed by atoms with Crippen molar-refractivity contribution in [3.8, 4) is 11.1 Å². The number of hydrogen-bond donors (Lipinski definition) is 2. The lowest BCUT2D eigenvalue weighted by molar-refractivity contribution is -0.276. The molecule has 0 spiro atoms. The molecule has 48 heavy (non-hydrogen) atoms. The Hall–Kier alpha value is -4.66. The number of aliphatic hydroxyl groups excluding tert-OH is 1. The predicted octanol–water partition coefficient (Wildman–Crippen LogP) is 7.66. The number of pyridine rings is 1. The minimum absolute atomic E-state index is 0.00273. The van der Waals surface area contributed by atoms with Gasteiger partial charge in [-0.05, 0) is 71.6 Å². The molecule has 0 unspecified atom stereocenters. The number of ether oxygens (including phenoxy) is 2. The first-order valence-electron chi connectivity index (χ1n) is 16.5. The van der Waals surface area contributed by atoms with Crippen molar-refractivity contribution < 1.29 is 19.4 Å². The van der Waals surface area contributed by atoms with Crippen LogP contribution in [-0.4, -0.2) is 40.6 Å². The van der Waals surface area contributed by atoms with Crippen LogP contribution in [-0.2, 0) is 22.6 Å². The monoisotopic (exact) mass is 641 g/mol. The summed E-state index contributed by atoms with van der Waals surface area (Å²) in [5.41, 5.74) is 7.74. The average molecular weight is 642 g/mol. The number of carbonyl (C=O) groups is 1. The van der Waals surface area contributed by atoms with Crippen molar-refractivity contribution in [1.82, 2.24) is 15.2 Å². The van der Waals surface area contributed by atoms with Gasteiger partial charge in [0.2, 0.25) is 0 Å². The third kappa shape index (κ3) is 7.89. The number of nitrogens with one attached hydrogen (secondary N) is 1. The predicted molar refractivity (Wildman–Crippen MR) is 188 cm³/mol. The molecule has 2 N–H and O–H groups in total. The molecular formula is C41H43N3O4. The lowest BCUT2D eigenvalue weighted by atomic mass is 9.89. The van der Waals surface area contributed by atoms with E-state index in [1.54, 1.807) is 24.5 Å². The molecule has 1 aliphatic heterocycles. The summed E-state index contributed by atoms with van der Waals surface area (Å²) in [5.74, 6) is -0.0800. The third-order valence-electron chi connectivity index (χ3n) is 9.33. The van der Waals surface area contributed by atoms with Crippen molar-refractivity contribution in [1.29, 1.82) is 0 Å². The summed E-state index contributed by atoms with van der Waals surface area (Å²) >= 11 is 0. The van der Waals surface area contributed by atoms with Gasteiger partial charge in [0.05, 0.1) is 24.4 Å². The SMILES string of the molecule is C[C@H]1[C@@H](CN(C)[C@@H](C)c2ccccc2)O[C@@H](c2cccc(-c3cccc(CNC(=O)c4cccnc4)c3)c2)O[C@H]1c1ccc(CO)cc1. The van der Waals surface area contributed by atoms with Gasteiger partial charge >= 0.3 is 0 Å². The summed E-state index contributed by atoms with van der Waals surface area (Å²) < 4.78 is 13.6. The van der Waals surface area contributed by atoms with Gasteiger partial charge in [0.1, 0.15) is 0 Å². The molecule has 2 heterocycles. The van der Waals surface area contributed by atoms with E-state index in [-0.39, 0.29) is 36.7 Å². The van der Waals surface area contributed by atoms with Gasteiger partial charge in [0.15, 0.2) is 6.29 Å². The van der Waals surface area contributed by atoms with Crippen LogP contribution in [0.5, 0.6) is 0 Å². The average Bonchev–Trinajstić information content (AvgIpc) is 3.15. The smallest absolute Gasteiger partial charge is 0.253 e. The Balaban J connectivity index is 1.23. The summed E-state index contributed by atoms with van der Waals surface area (Å²) in [7, 11) is 2.15. The zero-order valence-corrected chi connectivity index (χ0v) is 27.7. The van der Waals surface area contributed by atoms with E-state index >= 15 is 0 Å². The van der Waals surface area contributed by atoms with Crippen LogP contribution >= 0.6 is 0 Å². The molecule has 4 aromatic carbocycles. The number of rotatable bonds is 11. The zero-order chi connectivity index (χ0) is 33.5. The molecule has 246 valence electrons. The summed E-state index contributed by atoms with van der Waals surface area (Å²) in [6, 6.07) is 38.8. The number of carbonyl (C=O) groups excluding carboxylic acids is 1. The Morgan fingerprint density at radius 3 is 2.33 bits per heavy atom. The van der Waals surface area contributed by atoms with Crippen LogP contribution < -0.4 is 5.32 Å². The molecule has 1 aliphatic rings. The van der Waals surface area contributed by atoms with E-state index in [0.717, 1.165) is 39.9 Å². The van der Waals surface area contributed by atoms with E-state index < -0.39 is 6.29 Å². The van der Waals surface area contributed by atoms with Crippen molar-refractivity contribution in [2.75, 3.05) is 13.6 Å². The standard InChI is InChI=1S/C41H43N3O4/c1-28-38(26-44(3)29(2)32-11-5-4-6-12-32)47-41(48-39(28)33-19-17-30(27-45)18-20-33)36-15-8-14-35(23-36)34-13-7-10-31(22-34)24-43-40(46)37-16-9-21-42-25-37/h4-23,25,28-29,38-39,41,45H,24,26-27H2,1-3H3,(H,43,46)/t28-,29-,38+,39+,41+/m0/s1. The van der Waals surface area contributed by atoms with Crippen LogP contribution in [0.1, 0.15) is 70.5 Å². The van der Waals surface area contributed by atoms with E-state index in [1.165, 1.54) is 5.56 Å². The lowest BCUT2D eigenvalue weighted by Crippen LogP contribution is -2.44. The van der Waals surface area contributed by atoms with Gasteiger partial charge in [-0.2, -0.15) is 0 Å². The molecule has 0 aliphatic carbocycles. The molecule has 5 aromatic rings. The normalized spacial score (nSPS) is 19.9. The van der Waals surface area contributed by atoms with Crippen LogP contribution in [0.4, 0.5) is 0 Å². The fourth-order valence-corrected chi connectivity index (χ4v) is 6.26. The van der Waals surface area contributed by atoms with Crippen LogP contribution in [0.25, 0.3) is 11.1 Å². The number of nitrogens with zero attached hydrogens (tertiary/aromatic N) is 2. The molecule has 5 atom stereocenters. The molecule has 0 radical (unpaired) electrons. The number of benzene rings is 4. The first-order valence-corrected chi connectivity index (χ1v) is 16.5. The fourth-order valence-electron chi connectivity index (χ4n) is 6.26. The first-order chi connectivity index (χ1) is 23.4. The molecule has 0 saturated carbocycles. The van der Waals surface area contributed by atoms with Crippen LogP contribution in [0.2, 0.25) is 0 Å². The maximum atomic E-state index is 12.6. The Morgan fingerprint density at radius 2 is 1.60 bits per heavy atom. The summed E-state index contributed by atoms with van der Waals surface area (Å²) in [6.07, 6.45) is 2.35. The zero-order valence-electron chi connectivity index (χ0n) is 27.7. The molecular weight excluding hydrogens is 598 g/mol. The van der Waals surface area contributed by atoms with E-state index in [0.29, 0.717) is 12.1 Å². The first kappa shape index (κ1) is 33.2. The van der Waals surface area contributed by atoms with Crippen LogP contribution in [0, 0.1) is 5.92 Å². The molecule has 1 aromatic heterocycles. The van der Waals surface area contributed by atoms with Gasteiger partial charge in [-0.1, -0.05) is 97.9 Å². The molecule has 7 heteroatoms. The highest BCUT2D eigenvalue weighted by atomic mass is 16.7. The Labute approximate surface area is 283 Å². The molecule has 1 amide bonds. The molecule has 7 nitrogen and oxygen atoms in total. The van der Waals surface area contributed by atoms with Gasteiger partial charge in [0.25, 0.3) is 5.91 Å². The summed E-state index contributed by atoms with van der Waals surface area (Å²) in [6.45, 7) is 5.56. The maximum Gasteiger partial charge on any atom is 0.253 e. The molecule has 0 bridgehead atoms. The van der Waals surface area contributed by atoms with Gasteiger partial charge in [-0.3, -0.25) is 14.7 Å². The third-order valence-corrected chi connectivity index (χ3v) is 9.33. The quantitative estimate of drug-likeness (QED) is 0.154. The second-order valence-corrected chi connectivity index (χ2v) is 12.6. The summed E-state index contributed by atoms with van der Waals surface area (Å²) in [5, 5.41) is 12.6. The Morgan fingerprint density at radius 1 is 0.854 bits per heavy atom. The van der Waals surface area contributed by atoms with Crippen LogP contribution in [0.3, 0.4) is 0 Å². The van der Waals surface area contributed by atoms with Gasteiger partial charge in [-0.15, -0.1) is 0 Å².